The first kappa shape index (κ1) is 18.0. The Balaban J connectivity index is 2.99. The number of hydrogen-bond donors (Lipinski definition) is 1. The van der Waals surface area contributed by atoms with E-state index in [2.05, 4.69) is 13.8 Å². The molecule has 0 fully saturated rings. The van der Waals surface area contributed by atoms with Gasteiger partial charge in [-0.05, 0) is 30.9 Å². The Morgan fingerprint density at radius 2 is 1.73 bits per heavy atom. The highest BCUT2D eigenvalue weighted by Gasteiger charge is 2.10. The first-order valence-electron chi connectivity index (χ1n) is 8.12. The molecule has 0 saturated heterocycles. The van der Waals surface area contributed by atoms with Gasteiger partial charge in [0.25, 0.3) is 0 Å². The molecule has 2 nitrogen and oxygen atoms in total. The maximum absolute atomic E-state index is 11.4. The lowest BCUT2D eigenvalue weighted by atomic mass is 9.97. The summed E-state index contributed by atoms with van der Waals surface area (Å²) in [6, 6.07) is 9.82. The van der Waals surface area contributed by atoms with Crippen molar-refractivity contribution in [3.8, 4) is 0 Å². The average Bonchev–Trinajstić information content (AvgIpc) is 2.56. The number of unbranched alkanes of at least 4 members (excludes halogenated alkanes) is 2. The fourth-order valence-corrected chi connectivity index (χ4v) is 2.22. The topological polar surface area (TPSA) is 37.3 Å². The van der Waals surface area contributed by atoms with E-state index in [9.17, 15) is 9.90 Å². The zero-order valence-electron chi connectivity index (χ0n) is 13.6. The van der Waals surface area contributed by atoms with Crippen molar-refractivity contribution in [3.05, 3.63) is 58.9 Å². The molecule has 1 aromatic carbocycles. The number of benzene rings is 1. The molecule has 0 heterocycles. The first-order valence-corrected chi connectivity index (χ1v) is 8.12. The van der Waals surface area contributed by atoms with Crippen molar-refractivity contribution in [1.29, 1.82) is 0 Å². The van der Waals surface area contributed by atoms with Gasteiger partial charge < -0.3 is 5.11 Å². The van der Waals surface area contributed by atoms with Gasteiger partial charge in [-0.25, -0.2) is 4.79 Å². The van der Waals surface area contributed by atoms with E-state index in [-0.39, 0.29) is 0 Å². The van der Waals surface area contributed by atoms with Crippen LogP contribution in [-0.2, 0) is 4.79 Å². The number of rotatable bonds is 9. The summed E-state index contributed by atoms with van der Waals surface area (Å²) in [6.07, 6.45) is 8.92. The third-order valence-electron chi connectivity index (χ3n) is 3.57. The van der Waals surface area contributed by atoms with E-state index in [0.29, 0.717) is 17.8 Å². The van der Waals surface area contributed by atoms with E-state index in [1.165, 1.54) is 0 Å². The number of carbonyl (C=O) groups excluding carboxylic acids is 1. The number of hydrogen-bond acceptors (Lipinski definition) is 2. The normalized spacial score (nSPS) is 12.1. The summed E-state index contributed by atoms with van der Waals surface area (Å²) in [5.41, 5.74) is 2.24. The minimum atomic E-state index is 0.339. The summed E-state index contributed by atoms with van der Waals surface area (Å²) >= 11 is 0. The maximum Gasteiger partial charge on any atom is 0.132 e. The molecule has 2 heteroatoms. The molecule has 0 aromatic heterocycles. The third kappa shape index (κ3) is 6.15. The molecule has 0 aliphatic heterocycles. The Hall–Kier alpha value is -2.05. The summed E-state index contributed by atoms with van der Waals surface area (Å²) in [5.74, 6) is 2.34. The molecule has 0 spiro atoms. The highest BCUT2D eigenvalue weighted by Crippen LogP contribution is 2.23. The molecule has 0 saturated carbocycles. The van der Waals surface area contributed by atoms with Crippen LogP contribution in [0.5, 0.6) is 0 Å². The highest BCUT2D eigenvalue weighted by molar-refractivity contribution is 5.70. The fraction of sp³-hybridized carbons (Fsp3) is 0.400. The molecule has 0 atom stereocenters. The molecular weight excluding hydrogens is 272 g/mol. The third-order valence-corrected chi connectivity index (χ3v) is 3.57. The molecule has 1 rings (SSSR count). The second-order valence-corrected chi connectivity index (χ2v) is 5.39. The highest BCUT2D eigenvalue weighted by atomic mass is 16.3. The number of aliphatic hydroxyl groups is 1. The van der Waals surface area contributed by atoms with Crippen LogP contribution in [-0.4, -0.2) is 11.0 Å². The quantitative estimate of drug-likeness (QED) is 0.363. The van der Waals surface area contributed by atoms with E-state index in [1.807, 2.05) is 42.3 Å². The Kier molecular flexibility index (Phi) is 8.71. The van der Waals surface area contributed by atoms with Crippen LogP contribution in [0.25, 0.3) is 6.08 Å². The Morgan fingerprint density at radius 1 is 1.09 bits per heavy atom. The van der Waals surface area contributed by atoms with Crippen LogP contribution >= 0.6 is 0 Å². The van der Waals surface area contributed by atoms with Gasteiger partial charge in [-0.2, -0.15) is 0 Å². The van der Waals surface area contributed by atoms with Gasteiger partial charge in [-0.3, -0.25) is 0 Å². The van der Waals surface area contributed by atoms with Gasteiger partial charge in [0.2, 0.25) is 0 Å². The Morgan fingerprint density at radius 3 is 2.32 bits per heavy atom. The van der Waals surface area contributed by atoms with Crippen molar-refractivity contribution < 1.29 is 9.90 Å². The molecule has 0 unspecified atom stereocenters. The van der Waals surface area contributed by atoms with Crippen LogP contribution in [0, 0.1) is 0 Å². The number of aliphatic hydroxyl groups excluding tert-OH is 1. The van der Waals surface area contributed by atoms with Crippen molar-refractivity contribution in [1.82, 2.24) is 0 Å². The Bertz CT molecular complexity index is 546. The van der Waals surface area contributed by atoms with E-state index < -0.39 is 0 Å². The van der Waals surface area contributed by atoms with E-state index in [1.54, 1.807) is 6.08 Å². The minimum absolute atomic E-state index is 0.339. The van der Waals surface area contributed by atoms with Crippen molar-refractivity contribution in [2.75, 3.05) is 0 Å². The first-order chi connectivity index (χ1) is 10.7. The van der Waals surface area contributed by atoms with Crippen molar-refractivity contribution >= 4 is 12.0 Å². The smallest absolute Gasteiger partial charge is 0.132 e. The van der Waals surface area contributed by atoms with Crippen molar-refractivity contribution in [2.24, 2.45) is 0 Å². The summed E-state index contributed by atoms with van der Waals surface area (Å²) in [5, 5.41) is 10.3. The monoisotopic (exact) mass is 298 g/mol. The standard InChI is InChI=1S/C20H26O2/c1-3-5-12-19(20(22)13-6-4-2)18(16-21)15-14-17-10-8-7-9-11-17/h7-11,14-15,22H,3-6,12-13H2,1-2H3/b15-14-,20-19+. The maximum atomic E-state index is 11.4. The van der Waals surface area contributed by atoms with Gasteiger partial charge in [0.05, 0.1) is 11.3 Å². The summed E-state index contributed by atoms with van der Waals surface area (Å²) < 4.78 is 0. The van der Waals surface area contributed by atoms with Crippen LogP contribution < -0.4 is 0 Å². The van der Waals surface area contributed by atoms with Gasteiger partial charge >= 0.3 is 0 Å². The van der Waals surface area contributed by atoms with Gasteiger partial charge in [-0.15, -0.1) is 0 Å². The van der Waals surface area contributed by atoms with E-state index >= 15 is 0 Å². The zero-order chi connectivity index (χ0) is 16.2. The summed E-state index contributed by atoms with van der Waals surface area (Å²) in [4.78, 5) is 11.4. The predicted molar refractivity (Wildman–Crippen MR) is 93.4 cm³/mol. The number of allylic oxidation sites excluding steroid dienone is 4. The van der Waals surface area contributed by atoms with Crippen LogP contribution in [0.15, 0.2) is 53.3 Å². The van der Waals surface area contributed by atoms with Crippen LogP contribution in [0.3, 0.4) is 0 Å². The minimum Gasteiger partial charge on any atom is -0.512 e. The molecule has 0 aliphatic carbocycles. The second-order valence-electron chi connectivity index (χ2n) is 5.39. The summed E-state index contributed by atoms with van der Waals surface area (Å²) in [7, 11) is 0. The van der Waals surface area contributed by atoms with Gasteiger partial charge in [0.15, 0.2) is 0 Å². The van der Waals surface area contributed by atoms with E-state index in [0.717, 1.165) is 43.2 Å². The lowest BCUT2D eigenvalue weighted by Gasteiger charge is -2.09. The molecule has 0 amide bonds. The van der Waals surface area contributed by atoms with Crippen LogP contribution in [0.4, 0.5) is 0 Å². The van der Waals surface area contributed by atoms with Crippen molar-refractivity contribution in [2.45, 2.75) is 52.4 Å². The van der Waals surface area contributed by atoms with Crippen LogP contribution in [0.1, 0.15) is 57.9 Å². The predicted octanol–water partition coefficient (Wildman–Crippen LogP) is 5.65. The van der Waals surface area contributed by atoms with Gasteiger partial charge in [-0.1, -0.05) is 63.1 Å². The fourth-order valence-electron chi connectivity index (χ4n) is 2.22. The molecule has 0 bridgehead atoms. The molecule has 22 heavy (non-hydrogen) atoms. The largest absolute Gasteiger partial charge is 0.512 e. The van der Waals surface area contributed by atoms with Gasteiger partial charge in [0.1, 0.15) is 5.94 Å². The molecule has 0 aliphatic rings. The van der Waals surface area contributed by atoms with Gasteiger partial charge in [0, 0.05) is 12.0 Å². The second kappa shape index (κ2) is 10.6. The lowest BCUT2D eigenvalue weighted by molar-refractivity contribution is 0.374. The molecular formula is C20H26O2. The SMILES string of the molecule is CCCC/C(O)=C(/CCCC)C(=C=O)/C=C\c1ccccc1. The molecule has 118 valence electrons. The molecule has 1 N–H and O–H groups in total. The zero-order valence-corrected chi connectivity index (χ0v) is 13.6. The lowest BCUT2D eigenvalue weighted by Crippen LogP contribution is -1.97. The molecule has 0 radical (unpaired) electrons. The summed E-state index contributed by atoms with van der Waals surface area (Å²) in [6.45, 7) is 4.19. The average molecular weight is 298 g/mol. The Labute approximate surface area is 133 Å². The van der Waals surface area contributed by atoms with E-state index in [4.69, 9.17) is 0 Å². The molecule has 1 aromatic rings. The van der Waals surface area contributed by atoms with Crippen LogP contribution in [0.2, 0.25) is 0 Å². The van der Waals surface area contributed by atoms with Crippen molar-refractivity contribution in [3.63, 3.8) is 0 Å².